The summed E-state index contributed by atoms with van der Waals surface area (Å²) in [6, 6.07) is 6.08. The van der Waals surface area contributed by atoms with E-state index in [0.29, 0.717) is 5.69 Å². The van der Waals surface area contributed by atoms with Crippen molar-refractivity contribution in [2.24, 2.45) is 0 Å². The lowest BCUT2D eigenvalue weighted by atomic mass is 10.2. The van der Waals surface area contributed by atoms with Crippen LogP contribution in [-0.4, -0.2) is 30.8 Å². The van der Waals surface area contributed by atoms with Crippen molar-refractivity contribution in [1.82, 2.24) is 20.6 Å². The summed E-state index contributed by atoms with van der Waals surface area (Å²) in [5.41, 5.74) is 0.679. The number of nitrogens with zero attached hydrogens (tertiary/aromatic N) is 4. The van der Waals surface area contributed by atoms with Gasteiger partial charge in [-0.15, -0.1) is 10.2 Å². The highest BCUT2D eigenvalue weighted by Crippen LogP contribution is 2.27. The van der Waals surface area contributed by atoms with Crippen molar-refractivity contribution in [2.45, 2.75) is 0 Å². The zero-order valence-electron chi connectivity index (χ0n) is 8.99. The van der Waals surface area contributed by atoms with E-state index in [1.54, 1.807) is 0 Å². The summed E-state index contributed by atoms with van der Waals surface area (Å²) < 4.78 is 0. The number of phenolic OH excluding ortho intramolecular Hbond substituents is 2. The molecule has 0 fully saturated rings. The summed E-state index contributed by atoms with van der Waals surface area (Å²) in [5, 5.41) is 43.0. The van der Waals surface area contributed by atoms with Gasteiger partial charge in [0.05, 0.1) is 0 Å². The van der Waals surface area contributed by atoms with Crippen LogP contribution in [0.3, 0.4) is 0 Å². The molecule has 90 valence electrons. The zero-order chi connectivity index (χ0) is 13.0. The first-order chi connectivity index (χ1) is 8.70. The molecule has 8 nitrogen and oxygen atoms in total. The van der Waals surface area contributed by atoms with Gasteiger partial charge in [0.25, 0.3) is 0 Å². The monoisotopic (exact) mass is 244 g/mol. The van der Waals surface area contributed by atoms with E-state index in [4.69, 9.17) is 10.4 Å². The van der Waals surface area contributed by atoms with Crippen LogP contribution in [0.5, 0.6) is 11.5 Å². The molecule has 0 aliphatic carbocycles. The van der Waals surface area contributed by atoms with E-state index in [9.17, 15) is 5.11 Å². The van der Waals surface area contributed by atoms with Crippen LogP contribution in [0.4, 0.5) is 5.69 Å². The minimum Gasteiger partial charge on any atom is -0.504 e. The summed E-state index contributed by atoms with van der Waals surface area (Å²) >= 11 is 0. The lowest BCUT2D eigenvalue weighted by Crippen LogP contribution is -1.92. The zero-order valence-corrected chi connectivity index (χ0v) is 8.99. The number of phenols is 2. The lowest BCUT2D eigenvalue weighted by Gasteiger charge is -2.03. The van der Waals surface area contributed by atoms with Crippen LogP contribution in [0.2, 0.25) is 0 Å². The van der Waals surface area contributed by atoms with Gasteiger partial charge >= 0.3 is 0 Å². The Labute approximate surface area is 101 Å². The van der Waals surface area contributed by atoms with Gasteiger partial charge < -0.3 is 15.5 Å². The number of hydrogen-bond acceptors (Lipinski definition) is 7. The molecule has 18 heavy (non-hydrogen) atoms. The first-order valence-corrected chi connectivity index (χ1v) is 4.83. The molecule has 0 radical (unpaired) electrons. The molecule has 0 saturated carbocycles. The predicted octanol–water partition coefficient (Wildman–Crippen LogP) is 0.587. The largest absolute Gasteiger partial charge is 0.504 e. The molecule has 0 aliphatic rings. The molecule has 0 aliphatic heterocycles. The van der Waals surface area contributed by atoms with Gasteiger partial charge in [0.1, 0.15) is 11.6 Å². The molecule has 0 saturated heterocycles. The third kappa shape index (κ3) is 2.35. The predicted molar refractivity (Wildman–Crippen MR) is 61.2 cm³/mol. The SMILES string of the molecule is N#CC(=CNc1ccc(O)c(O)c1)c1nn[nH]n1. The lowest BCUT2D eigenvalue weighted by molar-refractivity contribution is 0.404. The highest BCUT2D eigenvalue weighted by molar-refractivity contribution is 5.74. The van der Waals surface area contributed by atoms with E-state index >= 15 is 0 Å². The molecule has 2 rings (SSSR count). The van der Waals surface area contributed by atoms with Gasteiger partial charge in [-0.1, -0.05) is 0 Å². The topological polar surface area (TPSA) is 131 Å². The molecule has 4 N–H and O–H groups in total. The van der Waals surface area contributed by atoms with Crippen LogP contribution in [0, 0.1) is 11.3 Å². The minimum atomic E-state index is -0.258. The molecule has 0 spiro atoms. The van der Waals surface area contributed by atoms with Gasteiger partial charge in [0, 0.05) is 18.0 Å². The number of anilines is 1. The smallest absolute Gasteiger partial charge is 0.216 e. The fourth-order valence-electron chi connectivity index (χ4n) is 1.19. The average Bonchev–Trinajstić information content (AvgIpc) is 2.88. The molecule has 1 aromatic carbocycles. The van der Waals surface area contributed by atoms with Gasteiger partial charge in [0.2, 0.25) is 5.82 Å². The number of aromatic nitrogens is 4. The van der Waals surface area contributed by atoms with Gasteiger partial charge in [-0.05, 0) is 17.3 Å². The van der Waals surface area contributed by atoms with E-state index in [0.717, 1.165) is 0 Å². The Hall–Kier alpha value is -3.08. The van der Waals surface area contributed by atoms with Crippen molar-refractivity contribution in [2.75, 3.05) is 5.32 Å². The quantitative estimate of drug-likeness (QED) is 0.353. The van der Waals surface area contributed by atoms with Crippen molar-refractivity contribution in [3.8, 4) is 17.6 Å². The highest BCUT2D eigenvalue weighted by atomic mass is 16.3. The number of nitriles is 1. The number of nitrogens with one attached hydrogen (secondary N) is 2. The Bertz CT molecular complexity index is 614. The van der Waals surface area contributed by atoms with E-state index in [-0.39, 0.29) is 22.9 Å². The van der Waals surface area contributed by atoms with E-state index < -0.39 is 0 Å². The van der Waals surface area contributed by atoms with Gasteiger partial charge in [-0.3, -0.25) is 0 Å². The fourth-order valence-corrected chi connectivity index (χ4v) is 1.19. The fraction of sp³-hybridized carbons (Fsp3) is 0. The van der Waals surface area contributed by atoms with Crippen LogP contribution in [-0.2, 0) is 0 Å². The maximum absolute atomic E-state index is 9.29. The molecule has 8 heteroatoms. The Morgan fingerprint density at radius 2 is 2.22 bits per heavy atom. The summed E-state index contributed by atoms with van der Waals surface area (Å²) in [5.74, 6) is -0.317. The molecule has 0 unspecified atom stereocenters. The standard InChI is InChI=1S/C10H8N6O2/c11-4-6(10-13-15-16-14-10)5-12-7-1-2-8(17)9(18)3-7/h1-3,5,12,17-18H,(H,13,14,15,16). The molecule has 0 atom stereocenters. The van der Waals surface area contributed by atoms with Crippen molar-refractivity contribution in [3.05, 3.63) is 30.2 Å². The first-order valence-electron chi connectivity index (χ1n) is 4.83. The third-order valence-electron chi connectivity index (χ3n) is 2.07. The minimum absolute atomic E-state index is 0.160. The Morgan fingerprint density at radius 1 is 1.39 bits per heavy atom. The number of hydrogen-bond donors (Lipinski definition) is 4. The number of aromatic amines is 1. The number of rotatable bonds is 3. The Kier molecular flexibility index (Phi) is 3.06. The number of aromatic hydroxyl groups is 2. The van der Waals surface area contributed by atoms with Crippen molar-refractivity contribution in [1.29, 1.82) is 5.26 Å². The highest BCUT2D eigenvalue weighted by Gasteiger charge is 2.05. The van der Waals surface area contributed by atoms with Crippen molar-refractivity contribution < 1.29 is 10.2 Å². The molecular weight excluding hydrogens is 236 g/mol. The van der Waals surface area contributed by atoms with Crippen LogP contribution in [0.15, 0.2) is 24.4 Å². The van der Waals surface area contributed by atoms with Crippen LogP contribution < -0.4 is 5.32 Å². The molecule has 2 aromatic rings. The van der Waals surface area contributed by atoms with Crippen molar-refractivity contribution >= 4 is 11.3 Å². The molecule has 0 bridgehead atoms. The normalized spacial score (nSPS) is 10.9. The van der Waals surface area contributed by atoms with Gasteiger partial charge in [-0.2, -0.15) is 10.5 Å². The Balaban J connectivity index is 2.19. The van der Waals surface area contributed by atoms with Gasteiger partial charge in [0.15, 0.2) is 11.5 Å². The van der Waals surface area contributed by atoms with E-state index in [2.05, 4.69) is 25.9 Å². The Morgan fingerprint density at radius 3 is 2.83 bits per heavy atom. The molecule has 1 heterocycles. The summed E-state index contributed by atoms with van der Waals surface area (Å²) in [6.07, 6.45) is 1.37. The molecular formula is C10H8N6O2. The number of H-pyrrole nitrogens is 1. The number of allylic oxidation sites excluding steroid dienone is 1. The van der Waals surface area contributed by atoms with E-state index in [1.165, 1.54) is 24.4 Å². The van der Waals surface area contributed by atoms with Crippen molar-refractivity contribution in [3.63, 3.8) is 0 Å². The third-order valence-corrected chi connectivity index (χ3v) is 2.07. The average molecular weight is 244 g/mol. The van der Waals surface area contributed by atoms with Gasteiger partial charge in [-0.25, -0.2) is 0 Å². The number of benzene rings is 1. The summed E-state index contributed by atoms with van der Waals surface area (Å²) in [6.45, 7) is 0. The summed E-state index contributed by atoms with van der Waals surface area (Å²) in [4.78, 5) is 0. The second kappa shape index (κ2) is 4.84. The summed E-state index contributed by atoms with van der Waals surface area (Å²) in [7, 11) is 0. The van der Waals surface area contributed by atoms with Crippen LogP contribution >= 0.6 is 0 Å². The van der Waals surface area contributed by atoms with Crippen LogP contribution in [0.25, 0.3) is 5.57 Å². The first kappa shape index (κ1) is 11.4. The second-order valence-corrected chi connectivity index (χ2v) is 3.25. The maximum atomic E-state index is 9.29. The maximum Gasteiger partial charge on any atom is 0.216 e. The molecule has 0 amide bonds. The van der Waals surface area contributed by atoms with E-state index in [1.807, 2.05) is 6.07 Å². The van der Waals surface area contributed by atoms with Crippen LogP contribution in [0.1, 0.15) is 5.82 Å². The molecule has 1 aromatic heterocycles. The number of tetrazole rings is 1. The second-order valence-electron chi connectivity index (χ2n) is 3.25.